The molecule has 3 heteroatoms. The van der Waals surface area contributed by atoms with E-state index in [1.54, 1.807) is 6.20 Å². The molecule has 2 aromatic heterocycles. The molecule has 82 valence electrons. The summed E-state index contributed by atoms with van der Waals surface area (Å²) in [7, 11) is 0. The lowest BCUT2D eigenvalue weighted by atomic mass is 10.1. The fraction of sp³-hybridized carbons (Fsp3) is 0. The maximum absolute atomic E-state index is 4.43. The number of aromatic nitrogens is 3. The summed E-state index contributed by atoms with van der Waals surface area (Å²) in [5.41, 5.74) is 4.14. The summed E-state index contributed by atoms with van der Waals surface area (Å²) >= 11 is 0. The van der Waals surface area contributed by atoms with Crippen molar-refractivity contribution in [3.8, 4) is 22.5 Å². The van der Waals surface area contributed by atoms with Gasteiger partial charge in [0.15, 0.2) is 0 Å². The molecule has 0 radical (unpaired) electrons. The van der Waals surface area contributed by atoms with Crippen molar-refractivity contribution in [3.63, 3.8) is 0 Å². The van der Waals surface area contributed by atoms with Gasteiger partial charge in [0.2, 0.25) is 0 Å². The van der Waals surface area contributed by atoms with Gasteiger partial charge in [0.05, 0.1) is 11.4 Å². The van der Waals surface area contributed by atoms with Crippen molar-refractivity contribution in [2.45, 2.75) is 0 Å². The van der Waals surface area contributed by atoms with Crippen LogP contribution in [0.3, 0.4) is 0 Å². The number of pyridine rings is 1. The zero-order valence-corrected chi connectivity index (χ0v) is 9.17. The molecule has 0 bridgehead atoms. The molecule has 1 N–H and O–H groups in total. The first kappa shape index (κ1) is 9.78. The Kier molecular flexibility index (Phi) is 2.43. The molecule has 0 saturated carbocycles. The lowest BCUT2D eigenvalue weighted by Crippen LogP contribution is -1.85. The second-order valence-corrected chi connectivity index (χ2v) is 3.77. The molecular weight excluding hydrogens is 210 g/mol. The zero-order valence-electron chi connectivity index (χ0n) is 9.17. The summed E-state index contributed by atoms with van der Waals surface area (Å²) in [5.74, 6) is 0. The van der Waals surface area contributed by atoms with Crippen LogP contribution in [0.2, 0.25) is 0 Å². The van der Waals surface area contributed by atoms with Gasteiger partial charge in [-0.3, -0.25) is 10.1 Å². The third kappa shape index (κ3) is 1.95. The van der Waals surface area contributed by atoms with E-state index in [-0.39, 0.29) is 0 Å². The second kappa shape index (κ2) is 4.22. The SMILES string of the molecule is c1ccc(-c2ccc(-c3ccn[nH]3)nc2)cc1. The average molecular weight is 221 g/mol. The number of rotatable bonds is 2. The molecule has 3 aromatic rings. The lowest BCUT2D eigenvalue weighted by Gasteiger charge is -2.02. The van der Waals surface area contributed by atoms with Crippen LogP contribution >= 0.6 is 0 Å². The molecule has 0 amide bonds. The minimum atomic E-state index is 0.905. The van der Waals surface area contributed by atoms with Crippen LogP contribution in [0.5, 0.6) is 0 Å². The van der Waals surface area contributed by atoms with Crippen molar-refractivity contribution < 1.29 is 0 Å². The van der Waals surface area contributed by atoms with E-state index < -0.39 is 0 Å². The van der Waals surface area contributed by atoms with Gasteiger partial charge in [-0.15, -0.1) is 0 Å². The Bertz CT molecular complexity index is 583. The fourth-order valence-corrected chi connectivity index (χ4v) is 1.75. The maximum atomic E-state index is 4.43. The van der Waals surface area contributed by atoms with Crippen LogP contribution < -0.4 is 0 Å². The van der Waals surface area contributed by atoms with Gasteiger partial charge in [0.25, 0.3) is 0 Å². The van der Waals surface area contributed by atoms with Crippen LogP contribution in [0.1, 0.15) is 0 Å². The van der Waals surface area contributed by atoms with Crippen molar-refractivity contribution in [2.24, 2.45) is 0 Å². The normalized spacial score (nSPS) is 10.4. The minimum absolute atomic E-state index is 0.905. The van der Waals surface area contributed by atoms with Gasteiger partial charge < -0.3 is 0 Å². The Morgan fingerprint density at radius 1 is 0.824 bits per heavy atom. The smallest absolute Gasteiger partial charge is 0.0880 e. The van der Waals surface area contributed by atoms with Crippen LogP contribution in [0.15, 0.2) is 60.9 Å². The maximum Gasteiger partial charge on any atom is 0.0880 e. The molecule has 0 unspecified atom stereocenters. The Morgan fingerprint density at radius 3 is 2.35 bits per heavy atom. The molecule has 2 heterocycles. The molecule has 0 fully saturated rings. The number of nitrogens with zero attached hydrogens (tertiary/aromatic N) is 2. The highest BCUT2D eigenvalue weighted by Gasteiger charge is 2.01. The number of aromatic amines is 1. The van der Waals surface area contributed by atoms with E-state index in [0.717, 1.165) is 17.0 Å². The molecule has 0 saturated heterocycles. The van der Waals surface area contributed by atoms with Crippen LogP contribution in [-0.2, 0) is 0 Å². The summed E-state index contributed by atoms with van der Waals surface area (Å²) in [6.07, 6.45) is 3.60. The topological polar surface area (TPSA) is 41.6 Å². The minimum Gasteiger partial charge on any atom is -0.276 e. The van der Waals surface area contributed by atoms with Crippen LogP contribution in [0.4, 0.5) is 0 Å². The third-order valence-electron chi connectivity index (χ3n) is 2.65. The summed E-state index contributed by atoms with van der Waals surface area (Å²) in [6.45, 7) is 0. The van der Waals surface area contributed by atoms with Gasteiger partial charge in [-0.1, -0.05) is 36.4 Å². The monoisotopic (exact) mass is 221 g/mol. The molecule has 1 aromatic carbocycles. The van der Waals surface area contributed by atoms with Gasteiger partial charge in [0, 0.05) is 18.0 Å². The molecular formula is C14H11N3. The second-order valence-electron chi connectivity index (χ2n) is 3.77. The predicted molar refractivity (Wildman–Crippen MR) is 67.3 cm³/mol. The predicted octanol–water partition coefficient (Wildman–Crippen LogP) is 3.14. The third-order valence-corrected chi connectivity index (χ3v) is 2.65. The number of nitrogens with one attached hydrogen (secondary N) is 1. The van der Waals surface area contributed by atoms with Gasteiger partial charge in [-0.25, -0.2) is 0 Å². The van der Waals surface area contributed by atoms with Gasteiger partial charge in [-0.05, 0) is 17.7 Å². The first-order chi connectivity index (χ1) is 8.43. The van der Waals surface area contributed by atoms with Crippen molar-refractivity contribution >= 4 is 0 Å². The highest BCUT2D eigenvalue weighted by atomic mass is 15.1. The van der Waals surface area contributed by atoms with E-state index in [1.165, 1.54) is 5.56 Å². The number of H-pyrrole nitrogens is 1. The molecule has 0 aliphatic carbocycles. The van der Waals surface area contributed by atoms with Crippen LogP contribution in [-0.4, -0.2) is 15.2 Å². The highest BCUT2D eigenvalue weighted by Crippen LogP contribution is 2.20. The van der Waals surface area contributed by atoms with E-state index in [2.05, 4.69) is 33.4 Å². The van der Waals surface area contributed by atoms with Crippen molar-refractivity contribution in [3.05, 3.63) is 60.9 Å². The summed E-state index contributed by atoms with van der Waals surface area (Å²) < 4.78 is 0. The summed E-state index contributed by atoms with van der Waals surface area (Å²) in [6, 6.07) is 16.2. The molecule has 3 nitrogen and oxygen atoms in total. The first-order valence-corrected chi connectivity index (χ1v) is 5.45. The standard InChI is InChI=1S/C14H11N3/c1-2-4-11(5-3-1)12-6-7-13(15-10-12)14-8-9-16-17-14/h1-10H,(H,16,17). The highest BCUT2D eigenvalue weighted by molar-refractivity contribution is 5.65. The van der Waals surface area contributed by atoms with Gasteiger partial charge >= 0.3 is 0 Å². The summed E-state index contributed by atoms with van der Waals surface area (Å²) in [4.78, 5) is 4.43. The van der Waals surface area contributed by atoms with E-state index in [9.17, 15) is 0 Å². The van der Waals surface area contributed by atoms with E-state index in [1.807, 2.05) is 36.5 Å². The van der Waals surface area contributed by atoms with Gasteiger partial charge in [0.1, 0.15) is 0 Å². The first-order valence-electron chi connectivity index (χ1n) is 5.45. The number of benzene rings is 1. The Morgan fingerprint density at radius 2 is 1.71 bits per heavy atom. The van der Waals surface area contributed by atoms with E-state index in [4.69, 9.17) is 0 Å². The zero-order chi connectivity index (χ0) is 11.5. The molecule has 0 aliphatic heterocycles. The fourth-order valence-electron chi connectivity index (χ4n) is 1.75. The largest absolute Gasteiger partial charge is 0.276 e. The molecule has 0 atom stereocenters. The van der Waals surface area contributed by atoms with Crippen LogP contribution in [0, 0.1) is 0 Å². The summed E-state index contributed by atoms with van der Waals surface area (Å²) in [5, 5.41) is 6.81. The van der Waals surface area contributed by atoms with Crippen LogP contribution in [0.25, 0.3) is 22.5 Å². The van der Waals surface area contributed by atoms with Gasteiger partial charge in [-0.2, -0.15) is 5.10 Å². The Balaban J connectivity index is 1.96. The molecule has 3 rings (SSSR count). The Labute approximate surface area is 99.2 Å². The lowest BCUT2D eigenvalue weighted by molar-refractivity contribution is 1.09. The molecule has 0 aliphatic rings. The average Bonchev–Trinajstić information content (AvgIpc) is 2.94. The molecule has 0 spiro atoms. The van der Waals surface area contributed by atoms with E-state index in [0.29, 0.717) is 0 Å². The van der Waals surface area contributed by atoms with Crippen molar-refractivity contribution in [1.29, 1.82) is 0 Å². The van der Waals surface area contributed by atoms with E-state index >= 15 is 0 Å². The Hall–Kier alpha value is -2.42. The van der Waals surface area contributed by atoms with Crippen molar-refractivity contribution in [2.75, 3.05) is 0 Å². The molecule has 17 heavy (non-hydrogen) atoms. The number of hydrogen-bond acceptors (Lipinski definition) is 2. The number of hydrogen-bond donors (Lipinski definition) is 1. The van der Waals surface area contributed by atoms with Crippen molar-refractivity contribution in [1.82, 2.24) is 15.2 Å². The quantitative estimate of drug-likeness (QED) is 0.722.